The van der Waals surface area contributed by atoms with Crippen molar-refractivity contribution in [3.63, 3.8) is 0 Å². The van der Waals surface area contributed by atoms with Gasteiger partial charge in [0.05, 0.1) is 30.8 Å². The van der Waals surface area contributed by atoms with E-state index in [0.717, 1.165) is 16.4 Å². The second-order valence-electron chi connectivity index (χ2n) is 7.53. The second kappa shape index (κ2) is 9.71. The number of thioether (sulfide) groups is 1. The number of nitrogens with one attached hydrogen (secondary N) is 1. The summed E-state index contributed by atoms with van der Waals surface area (Å²) in [6.07, 6.45) is 0.801. The minimum absolute atomic E-state index is 0.0588. The normalized spacial score (nSPS) is 18.2. The molecule has 1 amide bonds. The van der Waals surface area contributed by atoms with Crippen molar-refractivity contribution in [2.75, 3.05) is 13.7 Å². The Kier molecular flexibility index (Phi) is 7.26. The number of halogens is 1. The average Bonchev–Trinajstić information content (AvgIpc) is 3.13. The lowest BCUT2D eigenvalue weighted by Crippen LogP contribution is -2.38. The first-order chi connectivity index (χ1) is 14.3. The predicted molar refractivity (Wildman–Crippen MR) is 121 cm³/mol. The van der Waals surface area contributed by atoms with Gasteiger partial charge in [0.25, 0.3) is 0 Å². The third-order valence-electron chi connectivity index (χ3n) is 4.86. The van der Waals surface area contributed by atoms with E-state index in [2.05, 4.69) is 19.2 Å². The summed E-state index contributed by atoms with van der Waals surface area (Å²) in [4.78, 5) is 32.0. The summed E-state index contributed by atoms with van der Waals surface area (Å²) in [6, 6.07) is 6.95. The maximum atomic E-state index is 12.8. The fourth-order valence-corrected chi connectivity index (χ4v) is 4.48. The molecule has 0 aliphatic carbocycles. The molecule has 1 aromatic carbocycles. The van der Waals surface area contributed by atoms with Gasteiger partial charge in [-0.05, 0) is 35.4 Å². The standard InChI is InChI=1S/C22H26ClN3O3S/c1-5-17-19(21(28)29-4)20(14-6-8-15(23)9-7-14)26-16(12-30-22(26)25-17)10-18(27)24-11-13(2)3/h6-9,12-13,20H,5,10-11H2,1-4H3,(H,24,27). The number of esters is 1. The molecule has 2 aliphatic rings. The molecule has 1 aromatic rings. The molecule has 0 fully saturated rings. The number of carbonyl (C=O) groups is 2. The predicted octanol–water partition coefficient (Wildman–Crippen LogP) is 4.64. The SMILES string of the molecule is CCC1=C(C(=O)OC)C(c2ccc(Cl)cc2)N2C(CC(=O)NCC(C)C)=CSC2=N1. The molecular formula is C22H26ClN3O3S. The fraction of sp³-hybridized carbons (Fsp3) is 0.409. The third-order valence-corrected chi connectivity index (χ3v) is 6.00. The van der Waals surface area contributed by atoms with Crippen LogP contribution < -0.4 is 5.32 Å². The van der Waals surface area contributed by atoms with Crippen LogP contribution in [0.5, 0.6) is 0 Å². The van der Waals surface area contributed by atoms with Crippen LogP contribution in [-0.2, 0) is 14.3 Å². The van der Waals surface area contributed by atoms with Gasteiger partial charge in [0.2, 0.25) is 5.91 Å². The van der Waals surface area contributed by atoms with E-state index in [0.29, 0.717) is 35.2 Å². The van der Waals surface area contributed by atoms with Crippen LogP contribution in [0.15, 0.2) is 51.6 Å². The van der Waals surface area contributed by atoms with E-state index in [4.69, 9.17) is 21.3 Å². The molecule has 1 atom stereocenters. The highest BCUT2D eigenvalue weighted by atomic mass is 35.5. The molecule has 0 spiro atoms. The van der Waals surface area contributed by atoms with Gasteiger partial charge < -0.3 is 15.0 Å². The Hall–Kier alpha value is -2.25. The molecule has 0 saturated heterocycles. The van der Waals surface area contributed by atoms with E-state index in [9.17, 15) is 9.59 Å². The number of hydrogen-bond donors (Lipinski definition) is 1. The lowest BCUT2D eigenvalue weighted by Gasteiger charge is -2.36. The van der Waals surface area contributed by atoms with Crippen molar-refractivity contribution in [3.05, 3.63) is 57.2 Å². The second-order valence-corrected chi connectivity index (χ2v) is 8.80. The van der Waals surface area contributed by atoms with Crippen molar-refractivity contribution in [1.82, 2.24) is 10.2 Å². The molecule has 8 heteroatoms. The van der Waals surface area contributed by atoms with Gasteiger partial charge in [-0.3, -0.25) is 4.79 Å². The summed E-state index contributed by atoms with van der Waals surface area (Å²) >= 11 is 7.56. The number of hydrogen-bond acceptors (Lipinski definition) is 6. The molecule has 1 unspecified atom stereocenters. The van der Waals surface area contributed by atoms with Gasteiger partial charge in [-0.15, -0.1) is 0 Å². The number of ether oxygens (including phenoxy) is 1. The molecule has 1 N–H and O–H groups in total. The number of carbonyl (C=O) groups excluding carboxylic acids is 2. The summed E-state index contributed by atoms with van der Waals surface area (Å²) in [5.41, 5.74) is 2.87. The van der Waals surface area contributed by atoms with Crippen molar-refractivity contribution < 1.29 is 14.3 Å². The Morgan fingerprint density at radius 2 is 2.00 bits per heavy atom. The molecule has 30 heavy (non-hydrogen) atoms. The van der Waals surface area contributed by atoms with Crippen molar-refractivity contribution in [2.24, 2.45) is 10.9 Å². The van der Waals surface area contributed by atoms with Crippen LogP contribution >= 0.6 is 23.4 Å². The first-order valence-electron chi connectivity index (χ1n) is 9.92. The van der Waals surface area contributed by atoms with Gasteiger partial charge in [0.15, 0.2) is 5.17 Å². The lowest BCUT2D eigenvalue weighted by atomic mass is 9.93. The zero-order valence-corrected chi connectivity index (χ0v) is 19.1. The molecule has 2 heterocycles. The molecule has 160 valence electrons. The minimum Gasteiger partial charge on any atom is -0.466 e. The number of amidine groups is 1. The summed E-state index contributed by atoms with van der Waals surface area (Å²) in [5, 5.41) is 6.26. The smallest absolute Gasteiger partial charge is 0.338 e. The molecule has 0 radical (unpaired) electrons. The van der Waals surface area contributed by atoms with Crippen LogP contribution in [0.3, 0.4) is 0 Å². The maximum absolute atomic E-state index is 12.8. The van der Waals surface area contributed by atoms with Crippen LogP contribution in [-0.4, -0.2) is 35.6 Å². The van der Waals surface area contributed by atoms with Gasteiger partial charge in [0.1, 0.15) is 0 Å². The van der Waals surface area contributed by atoms with Crippen LogP contribution in [0, 0.1) is 5.92 Å². The largest absolute Gasteiger partial charge is 0.466 e. The Balaban J connectivity index is 2.00. The van der Waals surface area contributed by atoms with Gasteiger partial charge in [-0.25, -0.2) is 9.79 Å². The quantitative estimate of drug-likeness (QED) is 0.616. The fourth-order valence-electron chi connectivity index (χ4n) is 3.42. The molecule has 2 aliphatic heterocycles. The van der Waals surface area contributed by atoms with Crippen LogP contribution in [0.4, 0.5) is 0 Å². The van der Waals surface area contributed by atoms with E-state index in [-0.39, 0.29) is 12.3 Å². The summed E-state index contributed by atoms with van der Waals surface area (Å²) in [7, 11) is 1.37. The molecule has 6 nitrogen and oxygen atoms in total. The number of rotatable bonds is 7. The number of nitrogens with zero attached hydrogens (tertiary/aromatic N) is 2. The van der Waals surface area contributed by atoms with E-state index in [1.165, 1.54) is 18.9 Å². The monoisotopic (exact) mass is 447 g/mol. The molecule has 3 rings (SSSR count). The molecule has 0 aromatic heterocycles. The van der Waals surface area contributed by atoms with Gasteiger partial charge in [0, 0.05) is 17.3 Å². The zero-order valence-electron chi connectivity index (χ0n) is 17.6. The van der Waals surface area contributed by atoms with Crippen molar-refractivity contribution >= 4 is 40.4 Å². The first kappa shape index (κ1) is 22.4. The van der Waals surface area contributed by atoms with Crippen LogP contribution in [0.25, 0.3) is 0 Å². The van der Waals surface area contributed by atoms with Gasteiger partial charge in [-0.2, -0.15) is 0 Å². The number of amides is 1. The Morgan fingerprint density at radius 3 is 2.60 bits per heavy atom. The minimum atomic E-state index is -0.434. The Bertz CT molecular complexity index is 922. The number of aliphatic imine (C=N–C) groups is 1. The Morgan fingerprint density at radius 1 is 1.30 bits per heavy atom. The van der Waals surface area contributed by atoms with E-state index in [1.54, 1.807) is 12.1 Å². The molecule has 0 bridgehead atoms. The van der Waals surface area contributed by atoms with Crippen LogP contribution in [0.1, 0.15) is 45.2 Å². The van der Waals surface area contributed by atoms with E-state index >= 15 is 0 Å². The summed E-state index contributed by atoms with van der Waals surface area (Å²) in [5.74, 6) is -0.109. The van der Waals surface area contributed by atoms with Crippen molar-refractivity contribution in [1.29, 1.82) is 0 Å². The number of allylic oxidation sites excluding steroid dienone is 1. The Labute approximate surface area is 186 Å². The lowest BCUT2D eigenvalue weighted by molar-refractivity contribution is -0.136. The number of benzene rings is 1. The third kappa shape index (κ3) is 4.73. The first-order valence-corrected chi connectivity index (χ1v) is 11.2. The molecule has 0 saturated carbocycles. The maximum Gasteiger partial charge on any atom is 0.338 e. The van der Waals surface area contributed by atoms with E-state index in [1.807, 2.05) is 29.4 Å². The van der Waals surface area contributed by atoms with Gasteiger partial charge in [-0.1, -0.05) is 56.3 Å². The zero-order chi connectivity index (χ0) is 21.8. The topological polar surface area (TPSA) is 71.0 Å². The van der Waals surface area contributed by atoms with Crippen molar-refractivity contribution in [2.45, 2.75) is 39.7 Å². The highest BCUT2D eigenvalue weighted by molar-refractivity contribution is 8.16. The van der Waals surface area contributed by atoms with E-state index < -0.39 is 12.0 Å². The highest BCUT2D eigenvalue weighted by Crippen LogP contribution is 2.45. The van der Waals surface area contributed by atoms with Crippen LogP contribution in [0.2, 0.25) is 5.02 Å². The number of fused-ring (bicyclic) bond motifs is 1. The summed E-state index contributed by atoms with van der Waals surface area (Å²) in [6.45, 7) is 6.69. The van der Waals surface area contributed by atoms with Gasteiger partial charge >= 0.3 is 5.97 Å². The average molecular weight is 448 g/mol. The highest BCUT2D eigenvalue weighted by Gasteiger charge is 2.41. The number of methoxy groups -OCH3 is 1. The summed E-state index contributed by atoms with van der Waals surface area (Å²) < 4.78 is 5.10. The van der Waals surface area contributed by atoms with Crippen molar-refractivity contribution in [3.8, 4) is 0 Å². The molecular weight excluding hydrogens is 422 g/mol.